The van der Waals surface area contributed by atoms with Crippen molar-refractivity contribution in [3.63, 3.8) is 0 Å². The number of allylic oxidation sites excluding steroid dienone is 30. The Kier molecular flexibility index (Phi) is 78.1. The molecule has 0 rings (SSSR count). The number of phosphoric ester groups is 2. The highest BCUT2D eigenvalue weighted by atomic mass is 31.2. The maximum Gasteiger partial charge on any atom is 0.472 e. The average molecular weight is 1560 g/mol. The van der Waals surface area contributed by atoms with Crippen molar-refractivity contribution >= 4 is 33.6 Å². The second-order valence-corrected chi connectivity index (χ2v) is 30.4. The normalized spacial score (nSPS) is 14.8. The molecule has 0 spiro atoms. The van der Waals surface area contributed by atoms with Gasteiger partial charge in [-0.25, -0.2) is 9.13 Å². The molecule has 0 aliphatic rings. The van der Waals surface area contributed by atoms with Crippen LogP contribution in [0.4, 0.5) is 0 Å². The van der Waals surface area contributed by atoms with Gasteiger partial charge < -0.3 is 34.2 Å². The minimum Gasteiger partial charge on any atom is -0.463 e. The molecule has 620 valence electrons. The Hall–Kier alpha value is -5.35. The molecule has 0 aliphatic carbocycles. The lowest BCUT2D eigenvalue weighted by molar-refractivity contribution is -0.161. The van der Waals surface area contributed by atoms with E-state index >= 15 is 0 Å². The fraction of sp³-hybridized carbons (Fsp3) is 0.637. The van der Waals surface area contributed by atoms with Gasteiger partial charge in [-0.3, -0.25) is 32.5 Å². The van der Waals surface area contributed by atoms with E-state index in [1.165, 1.54) is 51.4 Å². The van der Waals surface area contributed by atoms with E-state index in [4.69, 9.17) is 32.3 Å². The highest BCUT2D eigenvalue weighted by Crippen LogP contribution is 2.45. The van der Waals surface area contributed by atoms with Crippen LogP contribution < -0.4 is 0 Å². The van der Waals surface area contributed by atoms with Crippen LogP contribution in [0.3, 0.4) is 0 Å². The zero-order chi connectivity index (χ0) is 79.4. The van der Waals surface area contributed by atoms with E-state index in [-0.39, 0.29) is 19.3 Å². The number of esters is 3. The molecule has 0 heterocycles. The molecule has 4 N–H and O–H groups in total. The summed E-state index contributed by atoms with van der Waals surface area (Å²) < 4.78 is 61.3. The lowest BCUT2D eigenvalue weighted by Gasteiger charge is -2.21. The van der Waals surface area contributed by atoms with E-state index in [0.717, 1.165) is 205 Å². The van der Waals surface area contributed by atoms with Crippen molar-refractivity contribution in [2.45, 2.75) is 334 Å². The van der Waals surface area contributed by atoms with Crippen molar-refractivity contribution in [3.05, 3.63) is 182 Å². The first-order valence-corrected chi connectivity index (χ1v) is 45.1. The van der Waals surface area contributed by atoms with Gasteiger partial charge in [0.1, 0.15) is 25.4 Å². The molecular weight excluding hydrogens is 1410 g/mol. The van der Waals surface area contributed by atoms with Crippen molar-refractivity contribution in [2.24, 2.45) is 0 Å². The third-order valence-electron chi connectivity index (χ3n) is 17.1. The summed E-state index contributed by atoms with van der Waals surface area (Å²) in [5.74, 6) is -1.61. The lowest BCUT2D eigenvalue weighted by atomic mass is 10.1. The first kappa shape index (κ1) is 104. The summed E-state index contributed by atoms with van der Waals surface area (Å²) in [6.07, 6.45) is 106. The van der Waals surface area contributed by atoms with E-state index in [1.54, 1.807) is 0 Å². The Balaban J connectivity index is 4.74. The molecule has 0 aliphatic heterocycles. The van der Waals surface area contributed by atoms with Gasteiger partial charge in [0, 0.05) is 19.3 Å². The summed E-state index contributed by atoms with van der Waals surface area (Å²) >= 11 is 0. The number of carbonyl (C=O) groups is 3. The minimum absolute atomic E-state index is 0.0841. The molecule has 0 aromatic carbocycles. The van der Waals surface area contributed by atoms with Crippen LogP contribution >= 0.6 is 15.6 Å². The van der Waals surface area contributed by atoms with Crippen LogP contribution in [-0.4, -0.2) is 95.9 Å². The Morgan fingerprint density at radius 1 is 0.266 bits per heavy atom. The zero-order valence-electron chi connectivity index (χ0n) is 67.9. The Morgan fingerprint density at radius 3 is 0.771 bits per heavy atom. The van der Waals surface area contributed by atoms with Crippen molar-refractivity contribution in [1.82, 2.24) is 0 Å². The van der Waals surface area contributed by atoms with Crippen molar-refractivity contribution < 1.29 is 75.8 Å². The molecular formula is C91H150O16P2. The molecule has 18 heteroatoms. The molecule has 0 saturated heterocycles. The molecule has 5 unspecified atom stereocenters. The van der Waals surface area contributed by atoms with Gasteiger partial charge in [0.05, 0.1) is 26.4 Å². The summed E-state index contributed by atoms with van der Waals surface area (Å²) in [4.78, 5) is 58.9. The van der Waals surface area contributed by atoms with E-state index in [2.05, 4.69) is 203 Å². The number of aliphatic hydroxyl groups excluding tert-OH is 2. The number of carbonyl (C=O) groups excluding carboxylic acids is 3. The predicted molar refractivity (Wildman–Crippen MR) is 454 cm³/mol. The zero-order valence-corrected chi connectivity index (χ0v) is 69.7. The van der Waals surface area contributed by atoms with Crippen LogP contribution in [0.5, 0.6) is 0 Å². The van der Waals surface area contributed by atoms with Crippen LogP contribution in [0.2, 0.25) is 0 Å². The van der Waals surface area contributed by atoms with Gasteiger partial charge in [-0.2, -0.15) is 0 Å². The van der Waals surface area contributed by atoms with Crippen LogP contribution in [0.1, 0.15) is 316 Å². The maximum absolute atomic E-state index is 13.1. The van der Waals surface area contributed by atoms with E-state index in [9.17, 15) is 43.5 Å². The average Bonchev–Trinajstić information content (AvgIpc) is 0.903. The van der Waals surface area contributed by atoms with Gasteiger partial charge in [-0.05, 0) is 161 Å². The highest BCUT2D eigenvalue weighted by molar-refractivity contribution is 7.47. The third-order valence-corrected chi connectivity index (χ3v) is 19.0. The van der Waals surface area contributed by atoms with E-state index in [0.29, 0.717) is 19.3 Å². The van der Waals surface area contributed by atoms with Crippen LogP contribution in [0.15, 0.2) is 182 Å². The quantitative estimate of drug-likeness (QED) is 0.0146. The standard InChI is InChI=1S/C91H150O16P2/c1-4-7-10-13-16-19-22-25-28-31-34-37-40-42-45-47-50-53-56-59-62-65-68-71-74-77-89(94)101-80-86(92)81-103-108(97,98)104-82-87(93)83-105-109(99,100)106-85-88(107-91(96)79-76-73-70-67-64-61-58-55-52-49-44-39-36-33-30-27-24-21-18-15-12-9-6-3)84-102-90(95)78-75-72-69-66-63-60-57-54-51-48-46-43-41-38-35-32-29-26-23-20-17-14-11-8-5-2/h7-8,10-11,16-21,25-30,34-39,42-43,45-46,49-50,52-53,86-88,92-93H,4-6,9,12-15,22-24,31-33,40-41,44,47-48,51,54-85H2,1-3H3,(H,97,98)(H,99,100)/b10-7-,11-8-,19-16-,20-17-,21-18-,28-25-,29-26-,30-27-,37-34-,38-35-,39-36-,45-42-,46-43-,52-49-,53-50-. The molecule has 0 aromatic rings. The predicted octanol–water partition coefficient (Wildman–Crippen LogP) is 25.3. The maximum atomic E-state index is 13.1. The van der Waals surface area contributed by atoms with Crippen LogP contribution in [0.25, 0.3) is 0 Å². The monoisotopic (exact) mass is 1560 g/mol. The highest BCUT2D eigenvalue weighted by Gasteiger charge is 2.29. The Labute approximate surface area is 662 Å². The molecule has 0 aromatic heterocycles. The van der Waals surface area contributed by atoms with Gasteiger partial charge in [-0.15, -0.1) is 0 Å². The first-order valence-electron chi connectivity index (χ1n) is 42.1. The Bertz CT molecular complexity index is 2710. The number of phosphoric acid groups is 2. The number of hydrogen-bond acceptors (Lipinski definition) is 14. The van der Waals surface area contributed by atoms with Crippen LogP contribution in [-0.2, 0) is 55.8 Å². The molecule has 0 bridgehead atoms. The second kappa shape index (κ2) is 82.1. The molecule has 0 fully saturated rings. The van der Waals surface area contributed by atoms with E-state index in [1.807, 2.05) is 0 Å². The fourth-order valence-electron chi connectivity index (χ4n) is 10.8. The molecule has 0 saturated carbocycles. The second-order valence-electron chi connectivity index (χ2n) is 27.5. The summed E-state index contributed by atoms with van der Waals surface area (Å²) in [5.41, 5.74) is 0. The topological polar surface area (TPSA) is 231 Å². The third kappa shape index (κ3) is 83.4. The number of unbranched alkanes of at least 4 members (excludes halogenated alkanes) is 25. The van der Waals surface area contributed by atoms with Gasteiger partial charge >= 0.3 is 33.6 Å². The SMILES string of the molecule is CC/C=C\C/C=C\C/C=C\C/C=C\C/C=C\C/C=C\CCCCCCCCC(=O)OCC(O)COP(=O)(O)OCC(O)COP(=O)(O)OCC(COC(=O)CCCCCCCCCCC/C=C\C/C=C\C/C=C\C/C=C\C/C=C\CC)OC(=O)CCCCCCCCC/C=C\C/C=C\C/C=C\C/C=C\CCCCC. The fourth-order valence-corrected chi connectivity index (χ4v) is 12.3. The van der Waals surface area contributed by atoms with Gasteiger partial charge in [0.2, 0.25) is 0 Å². The van der Waals surface area contributed by atoms with E-state index < -0.39 is 91.5 Å². The first-order chi connectivity index (χ1) is 53.2. The largest absolute Gasteiger partial charge is 0.472 e. The molecule has 5 atom stereocenters. The molecule has 0 amide bonds. The van der Waals surface area contributed by atoms with Gasteiger partial charge in [0.15, 0.2) is 6.10 Å². The van der Waals surface area contributed by atoms with Gasteiger partial charge in [0.25, 0.3) is 0 Å². The number of aliphatic hydroxyl groups is 2. The van der Waals surface area contributed by atoms with Gasteiger partial charge in [-0.1, -0.05) is 319 Å². The lowest BCUT2D eigenvalue weighted by Crippen LogP contribution is -2.30. The number of rotatable bonds is 78. The molecule has 0 radical (unpaired) electrons. The van der Waals surface area contributed by atoms with Crippen LogP contribution in [0, 0.1) is 0 Å². The molecule has 16 nitrogen and oxygen atoms in total. The van der Waals surface area contributed by atoms with Crippen molar-refractivity contribution in [2.75, 3.05) is 39.6 Å². The summed E-state index contributed by atoms with van der Waals surface area (Å²) in [7, 11) is -9.82. The minimum atomic E-state index is -4.95. The number of ether oxygens (including phenoxy) is 3. The summed E-state index contributed by atoms with van der Waals surface area (Å²) in [6, 6.07) is 0. The Morgan fingerprint density at radius 2 is 0.486 bits per heavy atom. The van der Waals surface area contributed by atoms with Crippen molar-refractivity contribution in [1.29, 1.82) is 0 Å². The summed E-state index contributed by atoms with van der Waals surface area (Å²) in [5, 5.41) is 20.7. The van der Waals surface area contributed by atoms with Crippen molar-refractivity contribution in [3.8, 4) is 0 Å². The molecule has 109 heavy (non-hydrogen) atoms. The number of hydrogen-bond donors (Lipinski definition) is 4. The summed E-state index contributed by atoms with van der Waals surface area (Å²) in [6.45, 7) is 2.39. The smallest absolute Gasteiger partial charge is 0.463 e.